The molecule has 1 amide bonds. The third-order valence-corrected chi connectivity index (χ3v) is 5.45. The Balaban J connectivity index is 1.57. The highest BCUT2D eigenvalue weighted by Crippen LogP contribution is 2.29. The van der Waals surface area contributed by atoms with Crippen molar-refractivity contribution in [2.75, 3.05) is 13.1 Å². The van der Waals surface area contributed by atoms with Gasteiger partial charge in [-0.1, -0.05) is 30.3 Å². The summed E-state index contributed by atoms with van der Waals surface area (Å²) in [5, 5.41) is 4.30. The van der Waals surface area contributed by atoms with Crippen LogP contribution in [0.25, 0.3) is 5.65 Å². The van der Waals surface area contributed by atoms with Crippen molar-refractivity contribution in [1.29, 1.82) is 0 Å². The average Bonchev–Trinajstić information content (AvgIpc) is 2.98. The van der Waals surface area contributed by atoms with Crippen LogP contribution in [0.15, 0.2) is 42.6 Å². The van der Waals surface area contributed by atoms with Gasteiger partial charge in [0.1, 0.15) is 0 Å². The third kappa shape index (κ3) is 2.98. The number of aromatic nitrogens is 3. The van der Waals surface area contributed by atoms with Gasteiger partial charge in [-0.3, -0.25) is 4.79 Å². The standard InChI is InChI=1S/C21H24N4O/c1-15-20(16(2)25-19(23-15)10-12-22-25)21(26)24-13-6-9-18(11-14-24)17-7-4-3-5-8-17/h3-5,7-8,10,12,18H,6,9,11,13-14H2,1-2H3. The SMILES string of the molecule is Cc1nc2ccnn2c(C)c1C(=O)N1CCCC(c2ccccc2)CC1. The summed E-state index contributed by atoms with van der Waals surface area (Å²) in [5.74, 6) is 0.613. The number of hydrogen-bond acceptors (Lipinski definition) is 3. The van der Waals surface area contributed by atoms with E-state index in [0.717, 1.165) is 49.4 Å². The molecule has 0 saturated carbocycles. The van der Waals surface area contributed by atoms with Gasteiger partial charge in [-0.15, -0.1) is 0 Å². The fourth-order valence-corrected chi connectivity index (χ4v) is 4.06. The quantitative estimate of drug-likeness (QED) is 0.708. The normalized spacial score (nSPS) is 18.1. The second-order valence-corrected chi connectivity index (χ2v) is 7.09. The highest BCUT2D eigenvalue weighted by molar-refractivity contribution is 5.96. The summed E-state index contributed by atoms with van der Waals surface area (Å²) in [7, 11) is 0. The van der Waals surface area contributed by atoms with Crippen molar-refractivity contribution in [1.82, 2.24) is 19.5 Å². The Hall–Kier alpha value is -2.69. The van der Waals surface area contributed by atoms with Crippen LogP contribution >= 0.6 is 0 Å². The highest BCUT2D eigenvalue weighted by atomic mass is 16.2. The highest BCUT2D eigenvalue weighted by Gasteiger charge is 2.26. The number of hydrogen-bond donors (Lipinski definition) is 0. The van der Waals surface area contributed by atoms with Crippen LogP contribution in [-0.4, -0.2) is 38.5 Å². The van der Waals surface area contributed by atoms with E-state index in [0.29, 0.717) is 11.5 Å². The topological polar surface area (TPSA) is 50.5 Å². The predicted molar refractivity (Wildman–Crippen MR) is 101 cm³/mol. The lowest BCUT2D eigenvalue weighted by atomic mass is 9.92. The van der Waals surface area contributed by atoms with E-state index >= 15 is 0 Å². The van der Waals surface area contributed by atoms with Crippen molar-refractivity contribution < 1.29 is 4.79 Å². The van der Waals surface area contributed by atoms with E-state index in [1.807, 2.05) is 24.8 Å². The molecule has 1 aromatic carbocycles. The summed E-state index contributed by atoms with van der Waals surface area (Å²) < 4.78 is 1.75. The van der Waals surface area contributed by atoms with Crippen LogP contribution in [0.3, 0.4) is 0 Å². The number of benzene rings is 1. The molecule has 1 aliphatic rings. The minimum Gasteiger partial charge on any atom is -0.339 e. The first-order chi connectivity index (χ1) is 12.6. The Kier molecular flexibility index (Phi) is 4.45. The van der Waals surface area contributed by atoms with Gasteiger partial charge in [0.2, 0.25) is 0 Å². The van der Waals surface area contributed by atoms with Crippen molar-refractivity contribution >= 4 is 11.6 Å². The molecule has 1 saturated heterocycles. The molecular weight excluding hydrogens is 324 g/mol. The molecule has 3 heterocycles. The molecule has 1 atom stereocenters. The van der Waals surface area contributed by atoms with Gasteiger partial charge in [-0.25, -0.2) is 9.50 Å². The van der Waals surface area contributed by atoms with Gasteiger partial charge in [-0.2, -0.15) is 5.10 Å². The zero-order valence-electron chi connectivity index (χ0n) is 15.4. The number of nitrogens with zero attached hydrogens (tertiary/aromatic N) is 4. The van der Waals surface area contributed by atoms with Crippen LogP contribution in [0, 0.1) is 13.8 Å². The van der Waals surface area contributed by atoms with Crippen LogP contribution in [0.4, 0.5) is 0 Å². The maximum absolute atomic E-state index is 13.2. The van der Waals surface area contributed by atoms with Gasteiger partial charge >= 0.3 is 0 Å². The lowest BCUT2D eigenvalue weighted by Crippen LogP contribution is -2.33. The smallest absolute Gasteiger partial charge is 0.257 e. The summed E-state index contributed by atoms with van der Waals surface area (Å²) >= 11 is 0. The monoisotopic (exact) mass is 348 g/mol. The largest absolute Gasteiger partial charge is 0.339 e. The van der Waals surface area contributed by atoms with Crippen molar-refractivity contribution in [3.63, 3.8) is 0 Å². The number of carbonyl (C=O) groups excluding carboxylic acids is 1. The first-order valence-corrected chi connectivity index (χ1v) is 9.30. The average molecular weight is 348 g/mol. The van der Waals surface area contributed by atoms with Crippen LogP contribution in [0.1, 0.15) is 52.5 Å². The van der Waals surface area contributed by atoms with Gasteiger partial charge in [0.05, 0.1) is 23.1 Å². The number of likely N-dealkylation sites (tertiary alicyclic amines) is 1. The van der Waals surface area contributed by atoms with E-state index < -0.39 is 0 Å². The molecule has 0 spiro atoms. The summed E-state index contributed by atoms with van der Waals surface area (Å²) in [5.41, 5.74) is 4.51. The number of aryl methyl sites for hydroxylation is 2. The molecule has 0 aliphatic carbocycles. The Morgan fingerprint density at radius 1 is 1.08 bits per heavy atom. The van der Waals surface area contributed by atoms with Crippen LogP contribution in [0.2, 0.25) is 0 Å². The van der Waals surface area contributed by atoms with E-state index in [4.69, 9.17) is 0 Å². The van der Waals surface area contributed by atoms with Gasteiger partial charge in [-0.05, 0) is 44.6 Å². The minimum absolute atomic E-state index is 0.0820. The molecule has 0 bridgehead atoms. The second-order valence-electron chi connectivity index (χ2n) is 7.09. The molecular formula is C21H24N4O. The van der Waals surface area contributed by atoms with Gasteiger partial charge in [0, 0.05) is 19.2 Å². The zero-order chi connectivity index (χ0) is 18.1. The minimum atomic E-state index is 0.0820. The molecule has 1 aliphatic heterocycles. The molecule has 4 rings (SSSR count). The Morgan fingerprint density at radius 3 is 2.69 bits per heavy atom. The van der Waals surface area contributed by atoms with E-state index in [1.54, 1.807) is 10.7 Å². The molecule has 2 aromatic heterocycles. The Morgan fingerprint density at radius 2 is 1.88 bits per heavy atom. The second kappa shape index (κ2) is 6.90. The molecule has 26 heavy (non-hydrogen) atoms. The lowest BCUT2D eigenvalue weighted by Gasteiger charge is -2.22. The molecule has 1 fully saturated rings. The number of carbonyl (C=O) groups is 1. The Bertz CT molecular complexity index is 932. The molecule has 134 valence electrons. The number of rotatable bonds is 2. The van der Waals surface area contributed by atoms with Crippen molar-refractivity contribution in [3.05, 3.63) is 65.1 Å². The molecule has 1 unspecified atom stereocenters. The lowest BCUT2D eigenvalue weighted by molar-refractivity contribution is 0.0758. The van der Waals surface area contributed by atoms with Crippen molar-refractivity contribution in [2.24, 2.45) is 0 Å². The maximum atomic E-state index is 13.2. The molecule has 5 nitrogen and oxygen atoms in total. The predicted octanol–water partition coefficient (Wildman–Crippen LogP) is 3.76. The van der Waals surface area contributed by atoms with E-state index in [-0.39, 0.29) is 5.91 Å². The first-order valence-electron chi connectivity index (χ1n) is 9.30. The molecule has 3 aromatic rings. The summed E-state index contributed by atoms with van der Waals surface area (Å²) in [6.07, 6.45) is 4.88. The third-order valence-electron chi connectivity index (χ3n) is 5.45. The van der Waals surface area contributed by atoms with Gasteiger partial charge in [0.15, 0.2) is 5.65 Å². The van der Waals surface area contributed by atoms with E-state index in [9.17, 15) is 4.79 Å². The zero-order valence-corrected chi connectivity index (χ0v) is 15.4. The van der Waals surface area contributed by atoms with Crippen LogP contribution in [-0.2, 0) is 0 Å². The number of fused-ring (bicyclic) bond motifs is 1. The Labute approximate surface area is 153 Å². The van der Waals surface area contributed by atoms with Crippen molar-refractivity contribution in [3.8, 4) is 0 Å². The van der Waals surface area contributed by atoms with Crippen LogP contribution < -0.4 is 0 Å². The fourth-order valence-electron chi connectivity index (χ4n) is 4.06. The fraction of sp³-hybridized carbons (Fsp3) is 0.381. The van der Waals surface area contributed by atoms with Gasteiger partial charge in [0.25, 0.3) is 5.91 Å². The molecule has 0 radical (unpaired) electrons. The van der Waals surface area contributed by atoms with E-state index in [2.05, 4.69) is 40.4 Å². The van der Waals surface area contributed by atoms with Crippen molar-refractivity contribution in [2.45, 2.75) is 39.0 Å². The maximum Gasteiger partial charge on any atom is 0.257 e. The molecule has 0 N–H and O–H groups in total. The van der Waals surface area contributed by atoms with Crippen LogP contribution in [0.5, 0.6) is 0 Å². The number of amides is 1. The van der Waals surface area contributed by atoms with Gasteiger partial charge < -0.3 is 4.90 Å². The molecule has 5 heteroatoms. The first kappa shape index (κ1) is 16.8. The summed E-state index contributed by atoms with van der Waals surface area (Å²) in [6, 6.07) is 12.5. The van der Waals surface area contributed by atoms with E-state index in [1.165, 1.54) is 5.56 Å². The summed E-state index contributed by atoms with van der Waals surface area (Å²) in [4.78, 5) is 19.8. The summed E-state index contributed by atoms with van der Waals surface area (Å²) in [6.45, 7) is 5.46.